The molecule has 1 N–H and O–H groups in total. The monoisotopic (exact) mass is 184 g/mol. The standard InChI is InChI=1S/C11H20O2/c1-2-3-4-9(12)8-5-6-10-11(7-8)13-10/h8-12H,2-7H2,1H3. The van der Waals surface area contributed by atoms with Crippen molar-refractivity contribution >= 4 is 0 Å². The minimum Gasteiger partial charge on any atom is -0.393 e. The molecule has 0 spiro atoms. The van der Waals surface area contributed by atoms with Gasteiger partial charge in [0.2, 0.25) is 0 Å². The molecule has 2 aliphatic rings. The SMILES string of the molecule is CCCCC(O)C1CCC2OC2C1. The molecule has 2 heteroatoms. The summed E-state index contributed by atoms with van der Waals surface area (Å²) < 4.78 is 5.45. The second-order valence-electron chi connectivity index (χ2n) is 4.50. The Bertz CT molecular complexity index is 169. The third kappa shape index (κ3) is 2.23. The highest BCUT2D eigenvalue weighted by Crippen LogP contribution is 2.41. The van der Waals surface area contributed by atoms with E-state index in [4.69, 9.17) is 4.74 Å². The predicted octanol–water partition coefficient (Wildman–Crippen LogP) is 2.10. The molecule has 4 atom stereocenters. The van der Waals surface area contributed by atoms with Gasteiger partial charge in [0.25, 0.3) is 0 Å². The summed E-state index contributed by atoms with van der Waals surface area (Å²) in [4.78, 5) is 0. The van der Waals surface area contributed by atoms with Crippen molar-refractivity contribution in [1.82, 2.24) is 0 Å². The fourth-order valence-corrected chi connectivity index (χ4v) is 2.43. The first-order chi connectivity index (χ1) is 6.31. The van der Waals surface area contributed by atoms with Gasteiger partial charge in [-0.3, -0.25) is 0 Å². The maximum Gasteiger partial charge on any atom is 0.0845 e. The van der Waals surface area contributed by atoms with Gasteiger partial charge in [0.15, 0.2) is 0 Å². The van der Waals surface area contributed by atoms with Crippen LogP contribution in [0.3, 0.4) is 0 Å². The highest BCUT2D eigenvalue weighted by molar-refractivity contribution is 4.93. The fourth-order valence-electron chi connectivity index (χ4n) is 2.43. The van der Waals surface area contributed by atoms with Crippen LogP contribution in [0.1, 0.15) is 45.4 Å². The predicted molar refractivity (Wildman–Crippen MR) is 51.5 cm³/mol. The number of aliphatic hydroxyl groups is 1. The molecule has 1 heterocycles. The Labute approximate surface area is 80.3 Å². The van der Waals surface area contributed by atoms with Crippen molar-refractivity contribution in [3.05, 3.63) is 0 Å². The van der Waals surface area contributed by atoms with Crippen LogP contribution in [0.15, 0.2) is 0 Å². The number of hydrogen-bond acceptors (Lipinski definition) is 2. The molecule has 2 rings (SSSR count). The Balaban J connectivity index is 1.72. The first kappa shape index (κ1) is 9.47. The number of epoxide rings is 1. The number of ether oxygens (including phenoxy) is 1. The zero-order chi connectivity index (χ0) is 9.26. The third-order valence-corrected chi connectivity index (χ3v) is 3.44. The van der Waals surface area contributed by atoms with Gasteiger partial charge < -0.3 is 9.84 Å². The maximum atomic E-state index is 9.89. The Morgan fingerprint density at radius 2 is 2.23 bits per heavy atom. The Hall–Kier alpha value is -0.0800. The molecule has 76 valence electrons. The quantitative estimate of drug-likeness (QED) is 0.679. The van der Waals surface area contributed by atoms with E-state index in [2.05, 4.69) is 6.92 Å². The summed E-state index contributed by atoms with van der Waals surface area (Å²) in [6.07, 6.45) is 7.80. The Kier molecular flexibility index (Phi) is 2.89. The molecule has 0 aromatic rings. The molecule has 1 saturated carbocycles. The van der Waals surface area contributed by atoms with Crippen molar-refractivity contribution in [2.24, 2.45) is 5.92 Å². The first-order valence-corrected chi connectivity index (χ1v) is 5.64. The lowest BCUT2D eigenvalue weighted by atomic mass is 9.84. The Morgan fingerprint density at radius 3 is 2.92 bits per heavy atom. The van der Waals surface area contributed by atoms with E-state index in [1.165, 1.54) is 19.3 Å². The molecule has 2 fully saturated rings. The molecule has 0 aromatic heterocycles. The van der Waals surface area contributed by atoms with Gasteiger partial charge in [0, 0.05) is 0 Å². The molecule has 1 aliphatic carbocycles. The molecule has 2 nitrogen and oxygen atoms in total. The molecular formula is C11H20O2. The van der Waals surface area contributed by atoms with Crippen LogP contribution in [0.25, 0.3) is 0 Å². The summed E-state index contributed by atoms with van der Waals surface area (Å²) in [5, 5.41) is 9.89. The smallest absolute Gasteiger partial charge is 0.0845 e. The average molecular weight is 184 g/mol. The van der Waals surface area contributed by atoms with Crippen LogP contribution in [0.4, 0.5) is 0 Å². The van der Waals surface area contributed by atoms with Crippen molar-refractivity contribution < 1.29 is 9.84 Å². The molecule has 0 amide bonds. The van der Waals surface area contributed by atoms with E-state index in [1.807, 2.05) is 0 Å². The molecule has 13 heavy (non-hydrogen) atoms. The zero-order valence-electron chi connectivity index (χ0n) is 8.41. The lowest BCUT2D eigenvalue weighted by Crippen LogP contribution is -2.25. The van der Waals surface area contributed by atoms with Crippen molar-refractivity contribution in [3.8, 4) is 0 Å². The fraction of sp³-hybridized carbons (Fsp3) is 1.00. The van der Waals surface area contributed by atoms with Crippen LogP contribution < -0.4 is 0 Å². The van der Waals surface area contributed by atoms with Crippen LogP contribution in [0.5, 0.6) is 0 Å². The number of unbranched alkanes of at least 4 members (excludes halogenated alkanes) is 1. The van der Waals surface area contributed by atoms with Gasteiger partial charge >= 0.3 is 0 Å². The number of fused-ring (bicyclic) bond motifs is 1. The number of rotatable bonds is 4. The number of aliphatic hydroxyl groups excluding tert-OH is 1. The van der Waals surface area contributed by atoms with Crippen molar-refractivity contribution in [2.75, 3.05) is 0 Å². The van der Waals surface area contributed by atoms with Gasteiger partial charge in [-0.15, -0.1) is 0 Å². The van der Waals surface area contributed by atoms with E-state index in [1.54, 1.807) is 0 Å². The van der Waals surface area contributed by atoms with E-state index in [-0.39, 0.29) is 6.10 Å². The summed E-state index contributed by atoms with van der Waals surface area (Å²) in [5.41, 5.74) is 0. The summed E-state index contributed by atoms with van der Waals surface area (Å²) in [6.45, 7) is 2.17. The second-order valence-corrected chi connectivity index (χ2v) is 4.50. The largest absolute Gasteiger partial charge is 0.393 e. The highest BCUT2D eigenvalue weighted by atomic mass is 16.6. The first-order valence-electron chi connectivity index (χ1n) is 5.64. The average Bonchev–Trinajstić information content (AvgIpc) is 2.91. The summed E-state index contributed by atoms with van der Waals surface area (Å²) in [7, 11) is 0. The van der Waals surface area contributed by atoms with Gasteiger partial charge in [0.05, 0.1) is 18.3 Å². The van der Waals surface area contributed by atoms with Crippen LogP contribution >= 0.6 is 0 Å². The summed E-state index contributed by atoms with van der Waals surface area (Å²) in [5.74, 6) is 0.523. The molecule has 1 aliphatic heterocycles. The lowest BCUT2D eigenvalue weighted by Gasteiger charge is -2.24. The van der Waals surface area contributed by atoms with Gasteiger partial charge in [-0.1, -0.05) is 19.8 Å². The van der Waals surface area contributed by atoms with Crippen molar-refractivity contribution in [1.29, 1.82) is 0 Å². The molecule has 0 bridgehead atoms. The molecular weight excluding hydrogens is 164 g/mol. The van der Waals surface area contributed by atoms with E-state index in [0.717, 1.165) is 19.3 Å². The second kappa shape index (κ2) is 3.97. The van der Waals surface area contributed by atoms with Crippen LogP contribution in [-0.4, -0.2) is 23.4 Å². The third-order valence-electron chi connectivity index (χ3n) is 3.44. The molecule has 1 saturated heterocycles. The van der Waals surface area contributed by atoms with Gasteiger partial charge in [-0.25, -0.2) is 0 Å². The van der Waals surface area contributed by atoms with Gasteiger partial charge in [-0.2, -0.15) is 0 Å². The van der Waals surface area contributed by atoms with E-state index in [9.17, 15) is 5.11 Å². The topological polar surface area (TPSA) is 32.8 Å². The molecule has 0 aromatic carbocycles. The maximum absolute atomic E-state index is 9.89. The normalized spacial score (nSPS) is 39.7. The minimum atomic E-state index is -0.0647. The van der Waals surface area contributed by atoms with Crippen LogP contribution in [0.2, 0.25) is 0 Å². The van der Waals surface area contributed by atoms with Crippen LogP contribution in [0, 0.1) is 5.92 Å². The number of hydrogen-bond donors (Lipinski definition) is 1. The summed E-state index contributed by atoms with van der Waals surface area (Å²) >= 11 is 0. The zero-order valence-corrected chi connectivity index (χ0v) is 8.41. The van der Waals surface area contributed by atoms with Crippen molar-refractivity contribution in [3.63, 3.8) is 0 Å². The molecule has 4 unspecified atom stereocenters. The molecule has 0 radical (unpaired) electrons. The van der Waals surface area contributed by atoms with Gasteiger partial charge in [0.1, 0.15) is 0 Å². The van der Waals surface area contributed by atoms with E-state index < -0.39 is 0 Å². The Morgan fingerprint density at radius 1 is 1.38 bits per heavy atom. The minimum absolute atomic E-state index is 0.0647. The summed E-state index contributed by atoms with van der Waals surface area (Å²) in [6, 6.07) is 0. The lowest BCUT2D eigenvalue weighted by molar-refractivity contribution is 0.0793. The van der Waals surface area contributed by atoms with Crippen LogP contribution in [-0.2, 0) is 4.74 Å². The van der Waals surface area contributed by atoms with E-state index in [0.29, 0.717) is 18.1 Å². The van der Waals surface area contributed by atoms with E-state index >= 15 is 0 Å². The highest BCUT2D eigenvalue weighted by Gasteiger charge is 2.45. The van der Waals surface area contributed by atoms with Gasteiger partial charge in [-0.05, 0) is 31.6 Å². The van der Waals surface area contributed by atoms with Crippen molar-refractivity contribution in [2.45, 2.75) is 63.8 Å².